The predicted octanol–water partition coefficient (Wildman–Crippen LogP) is 1.81. The van der Waals surface area contributed by atoms with Gasteiger partial charge >= 0.3 is 0 Å². The molecule has 164 valence electrons. The van der Waals surface area contributed by atoms with Crippen molar-refractivity contribution in [2.75, 3.05) is 26.8 Å². The van der Waals surface area contributed by atoms with E-state index in [0.29, 0.717) is 31.3 Å². The van der Waals surface area contributed by atoms with E-state index in [1.54, 1.807) is 7.11 Å². The number of para-hydroxylation sites is 2. The first-order chi connectivity index (χ1) is 14.6. The Labute approximate surface area is 177 Å². The van der Waals surface area contributed by atoms with E-state index in [1.807, 2.05) is 49.7 Å². The number of rotatable bonds is 9. The Balaban J connectivity index is 1.58. The number of aliphatic imine (C=N–C) groups is 1. The third-order valence-electron chi connectivity index (χ3n) is 5.04. The maximum absolute atomic E-state index is 6.03. The van der Waals surface area contributed by atoms with Gasteiger partial charge in [-0.05, 0) is 38.8 Å². The highest BCUT2D eigenvalue weighted by Gasteiger charge is 2.16. The van der Waals surface area contributed by atoms with Crippen LogP contribution in [0.3, 0.4) is 0 Å². The van der Waals surface area contributed by atoms with Crippen molar-refractivity contribution in [3.8, 4) is 11.5 Å². The van der Waals surface area contributed by atoms with Gasteiger partial charge in [-0.1, -0.05) is 12.1 Å². The summed E-state index contributed by atoms with van der Waals surface area (Å²) in [4.78, 5) is 4.68. The van der Waals surface area contributed by atoms with Gasteiger partial charge in [0.25, 0.3) is 0 Å². The Bertz CT molecular complexity index is 832. The van der Waals surface area contributed by atoms with Crippen LogP contribution in [0, 0.1) is 6.92 Å². The molecule has 1 aliphatic heterocycles. The number of nitrogens with zero attached hydrogens (tertiary/aromatic N) is 4. The fraction of sp³-hybridized carbons (Fsp3) is 0.571. The molecule has 9 nitrogen and oxygen atoms in total. The van der Waals surface area contributed by atoms with E-state index in [0.717, 1.165) is 36.8 Å². The molecule has 30 heavy (non-hydrogen) atoms. The van der Waals surface area contributed by atoms with E-state index < -0.39 is 0 Å². The average Bonchev–Trinajstić information content (AvgIpc) is 3.38. The molecule has 0 bridgehead atoms. The van der Waals surface area contributed by atoms with E-state index in [-0.39, 0.29) is 12.2 Å². The van der Waals surface area contributed by atoms with Crippen LogP contribution in [-0.4, -0.2) is 59.7 Å². The molecule has 3 rings (SSSR count). The molecule has 1 aromatic carbocycles. The van der Waals surface area contributed by atoms with Crippen molar-refractivity contribution < 1.29 is 14.2 Å². The monoisotopic (exact) mass is 416 g/mol. The highest BCUT2D eigenvalue weighted by atomic mass is 16.5. The van der Waals surface area contributed by atoms with Gasteiger partial charge in [0.05, 0.1) is 19.8 Å². The Morgan fingerprint density at radius 2 is 2.10 bits per heavy atom. The maximum atomic E-state index is 6.03. The second kappa shape index (κ2) is 10.8. The molecule has 1 aromatic heterocycles. The smallest absolute Gasteiger partial charge is 0.191 e. The van der Waals surface area contributed by atoms with Crippen molar-refractivity contribution in [1.29, 1.82) is 0 Å². The second-order valence-electron chi connectivity index (χ2n) is 7.36. The Hall–Kier alpha value is -2.81. The van der Waals surface area contributed by atoms with Gasteiger partial charge in [0.15, 0.2) is 23.3 Å². The quantitative estimate of drug-likeness (QED) is 0.476. The van der Waals surface area contributed by atoms with E-state index in [9.17, 15) is 0 Å². The molecule has 1 saturated heterocycles. The Morgan fingerprint density at radius 1 is 1.30 bits per heavy atom. The maximum Gasteiger partial charge on any atom is 0.191 e. The van der Waals surface area contributed by atoms with Crippen molar-refractivity contribution in [3.05, 3.63) is 35.9 Å². The van der Waals surface area contributed by atoms with Gasteiger partial charge in [0.2, 0.25) is 0 Å². The SMILES string of the molecule is COc1ccccc1OC(C)CNC(=NCc1nnc(C)n1C)NCC1CCCO1. The summed E-state index contributed by atoms with van der Waals surface area (Å²) < 4.78 is 19.0. The topological polar surface area (TPSA) is 94.8 Å². The summed E-state index contributed by atoms with van der Waals surface area (Å²) >= 11 is 0. The van der Waals surface area contributed by atoms with Gasteiger partial charge in [-0.15, -0.1) is 10.2 Å². The molecule has 2 N–H and O–H groups in total. The fourth-order valence-electron chi connectivity index (χ4n) is 3.14. The van der Waals surface area contributed by atoms with Gasteiger partial charge in [0, 0.05) is 20.2 Å². The van der Waals surface area contributed by atoms with Gasteiger partial charge in [-0.2, -0.15) is 0 Å². The highest BCUT2D eigenvalue weighted by molar-refractivity contribution is 5.79. The molecule has 0 radical (unpaired) electrons. The molecule has 2 aromatic rings. The summed E-state index contributed by atoms with van der Waals surface area (Å²) in [5.41, 5.74) is 0. The number of nitrogens with one attached hydrogen (secondary N) is 2. The van der Waals surface area contributed by atoms with Crippen LogP contribution in [0.1, 0.15) is 31.4 Å². The van der Waals surface area contributed by atoms with Crippen LogP contribution in [0.5, 0.6) is 11.5 Å². The minimum Gasteiger partial charge on any atom is -0.493 e. The van der Waals surface area contributed by atoms with E-state index in [1.165, 1.54) is 0 Å². The third-order valence-corrected chi connectivity index (χ3v) is 5.04. The van der Waals surface area contributed by atoms with Crippen molar-refractivity contribution in [3.63, 3.8) is 0 Å². The van der Waals surface area contributed by atoms with Crippen molar-refractivity contribution >= 4 is 5.96 Å². The van der Waals surface area contributed by atoms with Crippen LogP contribution in [0.4, 0.5) is 0 Å². The minimum atomic E-state index is -0.0897. The summed E-state index contributed by atoms with van der Waals surface area (Å²) in [5, 5.41) is 15.0. The molecule has 0 aliphatic carbocycles. The molecule has 2 heterocycles. The number of methoxy groups -OCH3 is 1. The minimum absolute atomic E-state index is 0.0897. The van der Waals surface area contributed by atoms with E-state index >= 15 is 0 Å². The van der Waals surface area contributed by atoms with E-state index in [4.69, 9.17) is 14.2 Å². The molecular formula is C21H32N6O3. The average molecular weight is 417 g/mol. The lowest BCUT2D eigenvalue weighted by molar-refractivity contribution is 0.113. The summed E-state index contributed by atoms with van der Waals surface area (Å²) in [5.74, 6) is 3.80. The first kappa shape index (κ1) is 21.9. The standard InChI is InChI=1S/C21H32N6O3/c1-15(30-19-10-6-5-9-18(19)28-4)12-22-21(23-13-17-8-7-11-29-17)24-14-20-26-25-16(2)27(20)3/h5-6,9-10,15,17H,7-8,11-14H2,1-4H3,(H2,22,23,24). The molecule has 9 heteroatoms. The highest BCUT2D eigenvalue weighted by Crippen LogP contribution is 2.26. The number of aryl methyl sites for hydroxylation is 1. The van der Waals surface area contributed by atoms with Crippen molar-refractivity contribution in [2.24, 2.45) is 12.0 Å². The van der Waals surface area contributed by atoms with Crippen LogP contribution in [0.15, 0.2) is 29.3 Å². The lowest BCUT2D eigenvalue weighted by atomic mass is 10.2. The molecule has 1 aliphatic rings. The summed E-state index contributed by atoms with van der Waals surface area (Å²) in [6, 6.07) is 7.63. The lowest BCUT2D eigenvalue weighted by Gasteiger charge is -2.20. The van der Waals surface area contributed by atoms with Gasteiger partial charge < -0.3 is 29.4 Å². The number of hydrogen-bond donors (Lipinski definition) is 2. The third kappa shape index (κ3) is 6.09. The molecule has 2 atom stereocenters. The first-order valence-corrected chi connectivity index (χ1v) is 10.3. The Kier molecular flexibility index (Phi) is 7.89. The molecule has 0 saturated carbocycles. The number of hydrogen-bond acceptors (Lipinski definition) is 6. The Morgan fingerprint density at radius 3 is 2.77 bits per heavy atom. The fourth-order valence-corrected chi connectivity index (χ4v) is 3.14. The number of guanidine groups is 1. The number of benzene rings is 1. The second-order valence-corrected chi connectivity index (χ2v) is 7.36. The molecular weight excluding hydrogens is 384 g/mol. The van der Waals surface area contributed by atoms with Crippen LogP contribution in [-0.2, 0) is 18.3 Å². The van der Waals surface area contributed by atoms with Crippen molar-refractivity contribution in [1.82, 2.24) is 25.4 Å². The molecule has 2 unspecified atom stereocenters. The molecule has 0 spiro atoms. The summed E-state index contributed by atoms with van der Waals surface area (Å²) in [6.07, 6.45) is 2.30. The van der Waals surface area contributed by atoms with Gasteiger partial charge in [-0.25, -0.2) is 4.99 Å². The van der Waals surface area contributed by atoms with Crippen LogP contribution in [0.25, 0.3) is 0 Å². The molecule has 1 fully saturated rings. The number of ether oxygens (including phenoxy) is 3. The zero-order valence-electron chi connectivity index (χ0n) is 18.2. The van der Waals surface area contributed by atoms with Crippen LogP contribution >= 0.6 is 0 Å². The van der Waals surface area contributed by atoms with Crippen LogP contribution in [0.2, 0.25) is 0 Å². The van der Waals surface area contributed by atoms with E-state index in [2.05, 4.69) is 25.8 Å². The molecule has 0 amide bonds. The van der Waals surface area contributed by atoms with Gasteiger partial charge in [-0.3, -0.25) is 0 Å². The first-order valence-electron chi connectivity index (χ1n) is 10.3. The van der Waals surface area contributed by atoms with Crippen LogP contribution < -0.4 is 20.1 Å². The van der Waals surface area contributed by atoms with Crippen molar-refractivity contribution in [2.45, 2.75) is 45.4 Å². The number of aromatic nitrogens is 3. The lowest BCUT2D eigenvalue weighted by Crippen LogP contribution is -2.44. The summed E-state index contributed by atoms with van der Waals surface area (Å²) in [6.45, 7) is 6.47. The van der Waals surface area contributed by atoms with Gasteiger partial charge in [0.1, 0.15) is 18.5 Å². The largest absolute Gasteiger partial charge is 0.493 e. The normalized spacial score (nSPS) is 17.6. The zero-order chi connectivity index (χ0) is 21.3. The summed E-state index contributed by atoms with van der Waals surface area (Å²) in [7, 11) is 3.58. The zero-order valence-corrected chi connectivity index (χ0v) is 18.2. The predicted molar refractivity (Wildman–Crippen MR) is 115 cm³/mol.